The second-order valence-electron chi connectivity index (χ2n) is 4.43. The first-order chi connectivity index (χ1) is 8.69. The Morgan fingerprint density at radius 2 is 1.94 bits per heavy atom. The molecule has 0 saturated heterocycles. The van der Waals surface area contributed by atoms with Gasteiger partial charge in [-0.25, -0.2) is 9.50 Å². The summed E-state index contributed by atoms with van der Waals surface area (Å²) >= 11 is 0. The minimum Gasteiger partial charge on any atom is -0.325 e. The van der Waals surface area contributed by atoms with Crippen molar-refractivity contribution in [2.24, 2.45) is 12.8 Å². The van der Waals surface area contributed by atoms with Crippen LogP contribution in [0.15, 0.2) is 30.5 Å². The molecule has 0 unspecified atom stereocenters. The highest BCUT2D eigenvalue weighted by atomic mass is 15.4. The zero-order valence-corrected chi connectivity index (χ0v) is 10.5. The Bertz CT molecular complexity index is 690. The minimum atomic E-state index is 0.434. The van der Waals surface area contributed by atoms with Crippen LogP contribution in [0.2, 0.25) is 0 Å². The fourth-order valence-corrected chi connectivity index (χ4v) is 2.03. The Balaban J connectivity index is 2.15. The quantitative estimate of drug-likeness (QED) is 0.739. The first-order valence-electron chi connectivity index (χ1n) is 5.87. The predicted octanol–water partition coefficient (Wildman–Crippen LogP) is 1.50. The SMILES string of the molecule is Cc1ccc(-c2nn3cc(CN)nc3n2C)cc1. The van der Waals surface area contributed by atoms with Gasteiger partial charge < -0.3 is 5.73 Å². The third kappa shape index (κ3) is 1.60. The van der Waals surface area contributed by atoms with Gasteiger partial charge in [0.15, 0.2) is 5.82 Å². The highest BCUT2D eigenvalue weighted by molar-refractivity contribution is 5.58. The lowest BCUT2D eigenvalue weighted by Crippen LogP contribution is -1.98. The second kappa shape index (κ2) is 3.96. The van der Waals surface area contributed by atoms with Crippen LogP contribution in [0.3, 0.4) is 0 Å². The number of hydrogen-bond donors (Lipinski definition) is 1. The van der Waals surface area contributed by atoms with Crippen LogP contribution in [0, 0.1) is 6.92 Å². The molecule has 0 atom stereocenters. The zero-order chi connectivity index (χ0) is 12.7. The lowest BCUT2D eigenvalue weighted by atomic mass is 10.1. The van der Waals surface area contributed by atoms with Gasteiger partial charge in [0.25, 0.3) is 0 Å². The first kappa shape index (κ1) is 11.0. The molecule has 0 fully saturated rings. The molecule has 2 N–H and O–H groups in total. The summed E-state index contributed by atoms with van der Waals surface area (Å²) in [5, 5.41) is 4.54. The van der Waals surface area contributed by atoms with Crippen molar-refractivity contribution in [2.75, 3.05) is 0 Å². The standard InChI is InChI=1S/C13H15N5/c1-9-3-5-10(6-4-9)12-16-18-8-11(7-14)15-13(18)17(12)2/h3-6,8H,7,14H2,1-2H3. The van der Waals surface area contributed by atoms with Crippen molar-refractivity contribution in [1.29, 1.82) is 0 Å². The highest BCUT2D eigenvalue weighted by Crippen LogP contribution is 2.19. The average molecular weight is 241 g/mol. The second-order valence-corrected chi connectivity index (χ2v) is 4.43. The lowest BCUT2D eigenvalue weighted by Gasteiger charge is -2.01. The molecule has 0 aliphatic heterocycles. The van der Waals surface area contributed by atoms with Crippen LogP contribution in [0.1, 0.15) is 11.3 Å². The molecule has 3 rings (SSSR count). The molecule has 0 bridgehead atoms. The van der Waals surface area contributed by atoms with Gasteiger partial charge in [0.1, 0.15) is 0 Å². The van der Waals surface area contributed by atoms with Gasteiger partial charge in [-0.15, -0.1) is 5.10 Å². The Hall–Kier alpha value is -2.14. The van der Waals surface area contributed by atoms with E-state index in [1.54, 1.807) is 4.52 Å². The molecule has 92 valence electrons. The molecule has 0 aliphatic carbocycles. The molecule has 0 radical (unpaired) electrons. The van der Waals surface area contributed by atoms with E-state index in [0.29, 0.717) is 6.54 Å². The van der Waals surface area contributed by atoms with Gasteiger partial charge in [-0.2, -0.15) is 0 Å². The van der Waals surface area contributed by atoms with Crippen molar-refractivity contribution in [2.45, 2.75) is 13.5 Å². The molecule has 2 heterocycles. The number of nitrogens with two attached hydrogens (primary N) is 1. The fourth-order valence-electron chi connectivity index (χ4n) is 2.03. The fraction of sp³-hybridized carbons (Fsp3) is 0.231. The number of fused-ring (bicyclic) bond motifs is 1. The number of nitrogens with zero attached hydrogens (tertiary/aromatic N) is 4. The first-order valence-corrected chi connectivity index (χ1v) is 5.87. The van der Waals surface area contributed by atoms with E-state index in [4.69, 9.17) is 5.73 Å². The summed E-state index contributed by atoms with van der Waals surface area (Å²) < 4.78 is 3.75. The molecule has 1 aromatic carbocycles. The van der Waals surface area contributed by atoms with Gasteiger partial charge in [0, 0.05) is 19.2 Å². The van der Waals surface area contributed by atoms with Gasteiger partial charge in [-0.05, 0) is 6.92 Å². The third-order valence-electron chi connectivity index (χ3n) is 3.06. The van der Waals surface area contributed by atoms with E-state index >= 15 is 0 Å². The average Bonchev–Trinajstić information content (AvgIpc) is 2.90. The number of imidazole rings is 1. The summed E-state index contributed by atoms with van der Waals surface area (Å²) in [6.07, 6.45) is 1.87. The van der Waals surface area contributed by atoms with Crippen molar-refractivity contribution < 1.29 is 0 Å². The van der Waals surface area contributed by atoms with Gasteiger partial charge >= 0.3 is 0 Å². The van der Waals surface area contributed by atoms with Crippen molar-refractivity contribution in [3.05, 3.63) is 41.7 Å². The van der Waals surface area contributed by atoms with E-state index < -0.39 is 0 Å². The van der Waals surface area contributed by atoms with E-state index in [-0.39, 0.29) is 0 Å². The number of aromatic nitrogens is 4. The number of hydrogen-bond acceptors (Lipinski definition) is 3. The molecule has 2 aromatic heterocycles. The van der Waals surface area contributed by atoms with Gasteiger partial charge in [-0.3, -0.25) is 4.57 Å². The largest absolute Gasteiger partial charge is 0.325 e. The smallest absolute Gasteiger partial charge is 0.232 e. The normalized spacial score (nSPS) is 11.3. The summed E-state index contributed by atoms with van der Waals surface area (Å²) in [5.41, 5.74) is 8.75. The zero-order valence-electron chi connectivity index (χ0n) is 10.5. The van der Waals surface area contributed by atoms with E-state index in [1.807, 2.05) is 17.8 Å². The molecule has 0 aliphatic rings. The molecular formula is C13H15N5. The molecule has 0 saturated carbocycles. The maximum atomic E-state index is 5.58. The summed E-state index contributed by atoms with van der Waals surface area (Å²) in [7, 11) is 1.96. The molecule has 5 heteroatoms. The van der Waals surface area contributed by atoms with Gasteiger partial charge in [0.2, 0.25) is 5.78 Å². The van der Waals surface area contributed by atoms with Crippen LogP contribution in [0.25, 0.3) is 17.2 Å². The van der Waals surface area contributed by atoms with Crippen molar-refractivity contribution in [1.82, 2.24) is 19.2 Å². The Labute approximate surface area is 105 Å². The lowest BCUT2D eigenvalue weighted by molar-refractivity contribution is 0.924. The van der Waals surface area contributed by atoms with Crippen LogP contribution >= 0.6 is 0 Å². The summed E-state index contributed by atoms with van der Waals surface area (Å²) in [4.78, 5) is 4.43. The van der Waals surface area contributed by atoms with E-state index in [2.05, 4.69) is 41.3 Å². The maximum Gasteiger partial charge on any atom is 0.232 e. The molecule has 0 spiro atoms. The Morgan fingerprint density at radius 3 is 2.56 bits per heavy atom. The summed E-state index contributed by atoms with van der Waals surface area (Å²) in [5.74, 6) is 1.71. The van der Waals surface area contributed by atoms with Crippen LogP contribution in [0.5, 0.6) is 0 Å². The van der Waals surface area contributed by atoms with Gasteiger partial charge in [0.05, 0.1) is 11.9 Å². The monoisotopic (exact) mass is 241 g/mol. The maximum absolute atomic E-state index is 5.58. The molecule has 0 amide bonds. The molecule has 5 nitrogen and oxygen atoms in total. The van der Waals surface area contributed by atoms with E-state index in [1.165, 1.54) is 5.56 Å². The molecular weight excluding hydrogens is 226 g/mol. The Morgan fingerprint density at radius 1 is 1.22 bits per heavy atom. The van der Waals surface area contributed by atoms with Crippen LogP contribution in [-0.4, -0.2) is 19.2 Å². The number of aryl methyl sites for hydroxylation is 2. The van der Waals surface area contributed by atoms with Crippen LogP contribution in [0.4, 0.5) is 0 Å². The van der Waals surface area contributed by atoms with E-state index in [9.17, 15) is 0 Å². The third-order valence-corrected chi connectivity index (χ3v) is 3.06. The minimum absolute atomic E-state index is 0.434. The Kier molecular flexibility index (Phi) is 2.41. The summed E-state index contributed by atoms with van der Waals surface area (Å²) in [6, 6.07) is 8.30. The summed E-state index contributed by atoms with van der Waals surface area (Å²) in [6.45, 7) is 2.51. The van der Waals surface area contributed by atoms with Gasteiger partial charge in [-0.1, -0.05) is 29.8 Å². The predicted molar refractivity (Wildman–Crippen MR) is 70.0 cm³/mol. The van der Waals surface area contributed by atoms with Crippen LogP contribution in [-0.2, 0) is 13.6 Å². The van der Waals surface area contributed by atoms with Crippen molar-refractivity contribution in [3.8, 4) is 11.4 Å². The highest BCUT2D eigenvalue weighted by Gasteiger charge is 2.12. The van der Waals surface area contributed by atoms with Crippen molar-refractivity contribution in [3.63, 3.8) is 0 Å². The molecule has 18 heavy (non-hydrogen) atoms. The number of benzene rings is 1. The molecule has 3 aromatic rings. The number of rotatable bonds is 2. The topological polar surface area (TPSA) is 61.1 Å². The van der Waals surface area contributed by atoms with Crippen LogP contribution < -0.4 is 5.73 Å². The van der Waals surface area contributed by atoms with Crippen molar-refractivity contribution >= 4 is 5.78 Å². The van der Waals surface area contributed by atoms with E-state index in [0.717, 1.165) is 22.9 Å².